The van der Waals surface area contributed by atoms with Crippen LogP contribution < -0.4 is 10.4 Å². The molecule has 0 amide bonds. The Balaban J connectivity index is 1.43. The fraction of sp³-hybridized carbons (Fsp3) is 0.333. The molecule has 6 rings (SSSR count). The first kappa shape index (κ1) is 32.0. The van der Waals surface area contributed by atoms with Gasteiger partial charge >= 0.3 is 0 Å². The maximum absolute atomic E-state index is 2.66. The van der Waals surface area contributed by atoms with Gasteiger partial charge in [-0.2, -0.15) is 0 Å². The van der Waals surface area contributed by atoms with Crippen molar-refractivity contribution in [1.82, 2.24) is 0 Å². The van der Waals surface area contributed by atoms with Gasteiger partial charge in [0.05, 0.1) is 16.1 Å². The summed E-state index contributed by atoms with van der Waals surface area (Å²) in [6.45, 7) is 24.7. The number of hydrogen-bond acceptors (Lipinski definition) is 0. The van der Waals surface area contributed by atoms with Gasteiger partial charge in [0.25, 0.3) is 0 Å². The Kier molecular flexibility index (Phi) is 8.29. The average molecular weight is 641 g/mol. The second-order valence-corrected chi connectivity index (χ2v) is 31.8. The first-order valence-corrected chi connectivity index (χ1v) is 26.2. The smallest absolute Gasteiger partial charge is 0.0704 e. The summed E-state index contributed by atoms with van der Waals surface area (Å²) >= 11 is 0. The minimum absolute atomic E-state index is 0.623. The van der Waals surface area contributed by atoms with Gasteiger partial charge in [0, 0.05) is 0 Å². The Morgan fingerprint density at radius 3 is 1.13 bits per heavy atom. The molecule has 0 aromatic heterocycles. The van der Waals surface area contributed by atoms with E-state index in [1.54, 1.807) is 10.4 Å². The summed E-state index contributed by atoms with van der Waals surface area (Å²) in [6, 6.07) is 33.1. The molecule has 0 saturated heterocycles. The first-order valence-electron chi connectivity index (χ1n) is 17.1. The highest BCUT2D eigenvalue weighted by molar-refractivity contribution is 6.96. The van der Waals surface area contributed by atoms with E-state index in [-0.39, 0.29) is 0 Å². The van der Waals surface area contributed by atoms with E-state index in [0.717, 1.165) is 12.8 Å². The fourth-order valence-corrected chi connectivity index (χ4v) is 17.2. The van der Waals surface area contributed by atoms with Gasteiger partial charge in [-0.05, 0) is 68.4 Å². The van der Waals surface area contributed by atoms with Gasteiger partial charge in [0.15, 0.2) is 0 Å². The second kappa shape index (κ2) is 11.7. The third-order valence-corrected chi connectivity index (χ3v) is 21.3. The number of benzene rings is 4. The molecule has 0 heterocycles. The zero-order valence-electron chi connectivity index (χ0n) is 29.3. The Bertz CT molecular complexity index is 1650. The quantitative estimate of drug-likeness (QED) is 0.168. The number of hydrogen-bond donors (Lipinski definition) is 0. The molecule has 0 unspecified atom stereocenters. The van der Waals surface area contributed by atoms with Crippen molar-refractivity contribution < 1.29 is 0 Å². The van der Waals surface area contributed by atoms with Crippen LogP contribution in [0.2, 0.25) is 50.4 Å². The Morgan fingerprint density at radius 1 is 0.467 bits per heavy atom. The van der Waals surface area contributed by atoms with Crippen molar-refractivity contribution in [3.63, 3.8) is 0 Å². The largest absolute Gasteiger partial charge is 0.114 e. The van der Waals surface area contributed by atoms with Crippen molar-refractivity contribution in [3.05, 3.63) is 118 Å². The highest BCUT2D eigenvalue weighted by atomic mass is 28.3. The molecule has 232 valence electrons. The van der Waals surface area contributed by atoms with E-state index in [4.69, 9.17) is 0 Å². The van der Waals surface area contributed by atoms with Gasteiger partial charge in [-0.25, -0.2) is 0 Å². The zero-order valence-corrected chi connectivity index (χ0v) is 32.3. The predicted molar refractivity (Wildman–Crippen MR) is 209 cm³/mol. The van der Waals surface area contributed by atoms with Gasteiger partial charge < -0.3 is 0 Å². The van der Waals surface area contributed by atoms with Gasteiger partial charge in [-0.1, -0.05) is 185 Å². The first-order chi connectivity index (χ1) is 21.2. The summed E-state index contributed by atoms with van der Waals surface area (Å²) in [5.41, 5.74) is 12.7. The summed E-state index contributed by atoms with van der Waals surface area (Å²) in [5, 5.41) is 6.52. The Hall–Kier alpha value is -2.99. The van der Waals surface area contributed by atoms with E-state index in [0.29, 0.717) is 11.1 Å². The van der Waals surface area contributed by atoms with Crippen LogP contribution in [0.5, 0.6) is 0 Å². The maximum Gasteiger partial charge on any atom is 0.114 e. The third kappa shape index (κ3) is 5.66. The molecule has 0 spiro atoms. The summed E-state index contributed by atoms with van der Waals surface area (Å²) in [5.74, 6) is 0. The van der Waals surface area contributed by atoms with E-state index in [2.05, 4.69) is 164 Å². The normalized spacial score (nSPS) is 14.9. The molecule has 0 atom stereocenters. The lowest BCUT2D eigenvalue weighted by atomic mass is 9.97. The summed E-state index contributed by atoms with van der Waals surface area (Å²) < 4.78 is 0. The van der Waals surface area contributed by atoms with E-state index < -0.39 is 24.2 Å². The Labute approximate surface area is 276 Å². The van der Waals surface area contributed by atoms with Crippen molar-refractivity contribution in [3.8, 4) is 22.3 Å². The SMILES string of the molecule is CC(C)[Si](C1=Cc2c(cccc2-c2ccc([Si](C)(C)C)cc2)C1)(C1=Cc2c(cccc2-c2ccc([Si](C)(C)C)cc2)C1)C(C)C. The molecule has 45 heavy (non-hydrogen) atoms. The second-order valence-electron chi connectivity index (χ2n) is 16.3. The van der Waals surface area contributed by atoms with Crippen molar-refractivity contribution in [1.29, 1.82) is 0 Å². The van der Waals surface area contributed by atoms with Crippen LogP contribution in [-0.2, 0) is 12.8 Å². The topological polar surface area (TPSA) is 0 Å². The standard InChI is InChI=1S/C42H52Si3/c1-29(2)45(30(3)4,37-25-33-13-11-15-39(41(33)27-37)31-17-21-35(22-18-31)43(5,6)7)38-26-34-14-12-16-40(42(34)28-38)32-19-23-36(24-20-32)44(8,9)10/h11-24,27-30H,25-26H2,1-10H3. The molecule has 2 aliphatic rings. The lowest BCUT2D eigenvalue weighted by molar-refractivity contribution is 0.896. The van der Waals surface area contributed by atoms with Crippen LogP contribution in [0, 0.1) is 0 Å². The van der Waals surface area contributed by atoms with E-state index in [1.165, 1.54) is 54.9 Å². The van der Waals surface area contributed by atoms with Crippen LogP contribution in [0.25, 0.3) is 34.4 Å². The molecule has 0 fully saturated rings. The summed E-state index contributed by atoms with van der Waals surface area (Å²) in [6.07, 6.45) is 7.50. The molecular weight excluding hydrogens is 589 g/mol. The number of rotatable bonds is 8. The van der Waals surface area contributed by atoms with Crippen LogP contribution >= 0.6 is 0 Å². The van der Waals surface area contributed by atoms with Gasteiger partial charge in [-0.3, -0.25) is 0 Å². The number of fused-ring (bicyclic) bond motifs is 2. The van der Waals surface area contributed by atoms with Crippen LogP contribution in [0.4, 0.5) is 0 Å². The molecule has 0 bridgehead atoms. The molecule has 4 aromatic carbocycles. The minimum atomic E-state index is -2.06. The molecule has 0 radical (unpaired) electrons. The molecule has 4 aromatic rings. The zero-order chi connectivity index (χ0) is 32.3. The lowest BCUT2D eigenvalue weighted by Gasteiger charge is -2.42. The molecule has 0 saturated carbocycles. The minimum Gasteiger partial charge on any atom is -0.0704 e. The molecule has 2 aliphatic carbocycles. The molecule has 0 aliphatic heterocycles. The van der Waals surface area contributed by atoms with Crippen molar-refractivity contribution in [2.24, 2.45) is 0 Å². The van der Waals surface area contributed by atoms with Gasteiger partial charge in [0.1, 0.15) is 8.07 Å². The monoisotopic (exact) mass is 640 g/mol. The van der Waals surface area contributed by atoms with Crippen LogP contribution in [0.3, 0.4) is 0 Å². The Morgan fingerprint density at radius 2 is 0.822 bits per heavy atom. The van der Waals surface area contributed by atoms with Crippen molar-refractivity contribution in [2.45, 2.75) is 90.9 Å². The van der Waals surface area contributed by atoms with E-state index in [9.17, 15) is 0 Å². The molecular formula is C42H52Si3. The lowest BCUT2D eigenvalue weighted by Crippen LogP contribution is -2.46. The summed E-state index contributed by atoms with van der Waals surface area (Å²) in [4.78, 5) is 0. The molecule has 3 heteroatoms. The van der Waals surface area contributed by atoms with E-state index in [1.807, 2.05) is 0 Å². The van der Waals surface area contributed by atoms with Gasteiger partial charge in [-0.15, -0.1) is 0 Å². The highest BCUT2D eigenvalue weighted by Gasteiger charge is 2.48. The number of allylic oxidation sites excluding steroid dienone is 2. The summed E-state index contributed by atoms with van der Waals surface area (Å²) in [7, 11) is -4.72. The maximum atomic E-state index is 2.66. The molecule has 0 nitrogen and oxygen atoms in total. The highest BCUT2D eigenvalue weighted by Crippen LogP contribution is 2.52. The van der Waals surface area contributed by atoms with Crippen molar-refractivity contribution >= 4 is 46.7 Å². The van der Waals surface area contributed by atoms with Crippen LogP contribution in [-0.4, -0.2) is 24.2 Å². The third-order valence-electron chi connectivity index (χ3n) is 10.8. The van der Waals surface area contributed by atoms with Crippen LogP contribution in [0.15, 0.2) is 95.3 Å². The van der Waals surface area contributed by atoms with Crippen LogP contribution in [0.1, 0.15) is 49.9 Å². The van der Waals surface area contributed by atoms with Gasteiger partial charge in [0.2, 0.25) is 0 Å². The fourth-order valence-electron chi connectivity index (χ4n) is 8.43. The predicted octanol–water partition coefficient (Wildman–Crippen LogP) is 11.0. The van der Waals surface area contributed by atoms with Crippen molar-refractivity contribution in [2.75, 3.05) is 0 Å². The van der Waals surface area contributed by atoms with E-state index >= 15 is 0 Å². The average Bonchev–Trinajstić information content (AvgIpc) is 3.61. The molecule has 0 N–H and O–H groups in total.